The zero-order valence-electron chi connectivity index (χ0n) is 11.0. The maximum absolute atomic E-state index is 11.1. The highest BCUT2D eigenvalue weighted by molar-refractivity contribution is 5.89. The van der Waals surface area contributed by atoms with Crippen molar-refractivity contribution in [1.29, 1.82) is 0 Å². The maximum atomic E-state index is 11.1. The van der Waals surface area contributed by atoms with Gasteiger partial charge in [0.2, 0.25) is 0 Å². The van der Waals surface area contributed by atoms with Crippen molar-refractivity contribution in [2.45, 2.75) is 25.9 Å². The van der Waals surface area contributed by atoms with Gasteiger partial charge in [-0.15, -0.1) is 0 Å². The van der Waals surface area contributed by atoms with Gasteiger partial charge in [0.1, 0.15) is 11.6 Å². The summed E-state index contributed by atoms with van der Waals surface area (Å²) >= 11 is 0. The molecule has 0 bridgehead atoms. The highest BCUT2D eigenvalue weighted by Crippen LogP contribution is 2.35. The Morgan fingerprint density at radius 1 is 1.30 bits per heavy atom. The van der Waals surface area contributed by atoms with Crippen molar-refractivity contribution in [3.8, 4) is 16.9 Å². The van der Waals surface area contributed by atoms with E-state index in [1.54, 1.807) is 30.6 Å². The summed E-state index contributed by atoms with van der Waals surface area (Å²) in [6, 6.07) is 4.88. The number of ether oxygens (including phenoxy) is 1. The molecule has 1 N–H and O–H groups in total. The van der Waals surface area contributed by atoms with Gasteiger partial charge in [0, 0.05) is 23.5 Å². The number of aromatic nitrogens is 2. The van der Waals surface area contributed by atoms with Crippen LogP contribution in [0.1, 0.15) is 29.0 Å². The van der Waals surface area contributed by atoms with Crippen LogP contribution < -0.4 is 4.74 Å². The van der Waals surface area contributed by atoms with E-state index in [-0.39, 0.29) is 11.7 Å². The first-order valence-corrected chi connectivity index (χ1v) is 6.46. The second-order valence-corrected chi connectivity index (χ2v) is 4.85. The number of hydrogen-bond donors (Lipinski definition) is 1. The van der Waals surface area contributed by atoms with Crippen LogP contribution >= 0.6 is 0 Å². The third kappa shape index (κ3) is 2.61. The van der Waals surface area contributed by atoms with Crippen molar-refractivity contribution in [3.05, 3.63) is 42.0 Å². The van der Waals surface area contributed by atoms with Crippen molar-refractivity contribution in [1.82, 2.24) is 9.97 Å². The van der Waals surface area contributed by atoms with Gasteiger partial charge in [-0.05, 0) is 38.0 Å². The molecule has 1 fully saturated rings. The minimum absolute atomic E-state index is 0.198. The molecule has 0 aliphatic heterocycles. The molecule has 1 aromatic carbocycles. The molecule has 1 heterocycles. The van der Waals surface area contributed by atoms with E-state index in [1.807, 2.05) is 6.92 Å². The Labute approximate surface area is 116 Å². The molecule has 0 saturated heterocycles. The predicted octanol–water partition coefficient (Wildman–Crippen LogP) is 2.69. The lowest BCUT2D eigenvalue weighted by molar-refractivity contribution is 0.0696. The molecule has 1 saturated carbocycles. The molecule has 1 aromatic heterocycles. The lowest BCUT2D eigenvalue weighted by atomic mass is 10.1. The minimum Gasteiger partial charge on any atom is -0.490 e. The van der Waals surface area contributed by atoms with Gasteiger partial charge in [0.15, 0.2) is 0 Å². The molecule has 0 amide bonds. The van der Waals surface area contributed by atoms with E-state index in [1.165, 1.54) is 0 Å². The molecule has 0 radical (unpaired) electrons. The van der Waals surface area contributed by atoms with Crippen LogP contribution in [-0.4, -0.2) is 27.1 Å². The Hall–Kier alpha value is -2.43. The SMILES string of the molecule is Cc1ncc(-c2ccc(C(=O)O)cc2OC2CC2)cn1. The smallest absolute Gasteiger partial charge is 0.335 e. The first-order chi connectivity index (χ1) is 9.63. The van der Waals surface area contributed by atoms with E-state index in [0.717, 1.165) is 24.0 Å². The Kier molecular flexibility index (Phi) is 3.10. The zero-order chi connectivity index (χ0) is 14.1. The van der Waals surface area contributed by atoms with Crippen LogP contribution in [0.15, 0.2) is 30.6 Å². The van der Waals surface area contributed by atoms with Crippen LogP contribution in [0.5, 0.6) is 5.75 Å². The van der Waals surface area contributed by atoms with Crippen molar-refractivity contribution < 1.29 is 14.6 Å². The van der Waals surface area contributed by atoms with Gasteiger partial charge in [-0.2, -0.15) is 0 Å². The van der Waals surface area contributed by atoms with Crippen LogP contribution in [-0.2, 0) is 0 Å². The summed E-state index contributed by atoms with van der Waals surface area (Å²) in [5.41, 5.74) is 1.86. The zero-order valence-corrected chi connectivity index (χ0v) is 11.0. The lowest BCUT2D eigenvalue weighted by Gasteiger charge is -2.11. The third-order valence-electron chi connectivity index (χ3n) is 3.14. The molecular weight excluding hydrogens is 256 g/mol. The molecule has 102 valence electrons. The van der Waals surface area contributed by atoms with Crippen molar-refractivity contribution >= 4 is 5.97 Å². The van der Waals surface area contributed by atoms with Gasteiger partial charge in [0.25, 0.3) is 0 Å². The number of carboxylic acids is 1. The number of aryl methyl sites for hydroxylation is 1. The van der Waals surface area contributed by atoms with Crippen molar-refractivity contribution in [2.24, 2.45) is 0 Å². The van der Waals surface area contributed by atoms with Crippen LogP contribution in [0.3, 0.4) is 0 Å². The van der Waals surface area contributed by atoms with E-state index >= 15 is 0 Å². The second kappa shape index (κ2) is 4.92. The number of rotatable bonds is 4. The van der Waals surface area contributed by atoms with Gasteiger partial charge in [-0.1, -0.05) is 0 Å². The topological polar surface area (TPSA) is 72.3 Å². The maximum Gasteiger partial charge on any atom is 0.335 e. The molecule has 3 rings (SSSR count). The summed E-state index contributed by atoms with van der Waals surface area (Å²) < 4.78 is 5.81. The van der Waals surface area contributed by atoms with Crippen molar-refractivity contribution in [2.75, 3.05) is 0 Å². The largest absolute Gasteiger partial charge is 0.490 e. The van der Waals surface area contributed by atoms with Crippen LogP contribution in [0.4, 0.5) is 0 Å². The highest BCUT2D eigenvalue weighted by Gasteiger charge is 2.25. The molecule has 1 aliphatic rings. The van der Waals surface area contributed by atoms with Crippen molar-refractivity contribution in [3.63, 3.8) is 0 Å². The molecule has 20 heavy (non-hydrogen) atoms. The molecule has 0 atom stereocenters. The van der Waals surface area contributed by atoms with E-state index in [2.05, 4.69) is 9.97 Å². The minimum atomic E-state index is -0.961. The summed E-state index contributed by atoms with van der Waals surface area (Å²) in [4.78, 5) is 19.4. The van der Waals surface area contributed by atoms with Gasteiger partial charge in [-0.3, -0.25) is 0 Å². The fourth-order valence-corrected chi connectivity index (χ4v) is 1.89. The fourth-order valence-electron chi connectivity index (χ4n) is 1.89. The van der Waals surface area contributed by atoms with Gasteiger partial charge < -0.3 is 9.84 Å². The predicted molar refractivity (Wildman–Crippen MR) is 72.8 cm³/mol. The van der Waals surface area contributed by atoms with Crippen LogP contribution in [0, 0.1) is 6.92 Å². The molecular formula is C15H14N2O3. The summed E-state index contributed by atoms with van der Waals surface area (Å²) in [6.07, 6.45) is 5.67. The van der Waals surface area contributed by atoms with E-state index in [0.29, 0.717) is 11.6 Å². The summed E-state index contributed by atoms with van der Waals surface area (Å²) in [5, 5.41) is 9.08. The van der Waals surface area contributed by atoms with E-state index < -0.39 is 5.97 Å². The summed E-state index contributed by atoms with van der Waals surface area (Å²) in [6.45, 7) is 1.82. The lowest BCUT2D eigenvalue weighted by Crippen LogP contribution is -2.02. The summed E-state index contributed by atoms with van der Waals surface area (Å²) in [7, 11) is 0. The standard InChI is InChI=1S/C15H14N2O3/c1-9-16-7-11(8-17-9)13-5-2-10(15(18)19)6-14(13)20-12-3-4-12/h2,5-8,12H,3-4H2,1H3,(H,18,19). The molecule has 1 aliphatic carbocycles. The number of carboxylic acid groups (broad SMARTS) is 1. The highest BCUT2D eigenvalue weighted by atomic mass is 16.5. The van der Waals surface area contributed by atoms with Gasteiger partial charge in [0.05, 0.1) is 11.7 Å². The first kappa shape index (κ1) is 12.6. The van der Waals surface area contributed by atoms with Crippen LogP contribution in [0.25, 0.3) is 11.1 Å². The normalized spacial score (nSPS) is 14.1. The first-order valence-electron chi connectivity index (χ1n) is 6.46. The number of carbonyl (C=O) groups is 1. The molecule has 2 aromatic rings. The Bertz CT molecular complexity index is 649. The quantitative estimate of drug-likeness (QED) is 0.924. The molecule has 0 spiro atoms. The Morgan fingerprint density at radius 2 is 2.00 bits per heavy atom. The van der Waals surface area contributed by atoms with E-state index in [9.17, 15) is 4.79 Å². The Balaban J connectivity index is 2.03. The van der Waals surface area contributed by atoms with Crippen LogP contribution in [0.2, 0.25) is 0 Å². The third-order valence-corrected chi connectivity index (χ3v) is 3.14. The second-order valence-electron chi connectivity index (χ2n) is 4.85. The molecule has 5 nitrogen and oxygen atoms in total. The summed E-state index contributed by atoms with van der Waals surface area (Å²) in [5.74, 6) is 0.317. The molecule has 0 unspecified atom stereocenters. The monoisotopic (exact) mass is 270 g/mol. The number of nitrogens with zero attached hydrogens (tertiary/aromatic N) is 2. The number of aromatic carboxylic acids is 1. The Morgan fingerprint density at radius 3 is 2.60 bits per heavy atom. The van der Waals surface area contributed by atoms with Gasteiger partial charge >= 0.3 is 5.97 Å². The van der Waals surface area contributed by atoms with Gasteiger partial charge in [-0.25, -0.2) is 14.8 Å². The fraction of sp³-hybridized carbons (Fsp3) is 0.267. The number of benzene rings is 1. The molecule has 5 heteroatoms. The number of hydrogen-bond acceptors (Lipinski definition) is 4. The average Bonchev–Trinajstić information content (AvgIpc) is 3.24. The van der Waals surface area contributed by atoms with E-state index in [4.69, 9.17) is 9.84 Å². The average molecular weight is 270 g/mol.